The van der Waals surface area contributed by atoms with E-state index in [2.05, 4.69) is 22.1 Å². The molecule has 1 aliphatic heterocycles. The van der Waals surface area contributed by atoms with E-state index in [1.807, 2.05) is 0 Å². The van der Waals surface area contributed by atoms with Gasteiger partial charge >= 0.3 is 0 Å². The smallest absolute Gasteiger partial charge is 0.221 e. The van der Waals surface area contributed by atoms with Crippen molar-refractivity contribution in [2.45, 2.75) is 6.42 Å². The molecule has 0 unspecified atom stereocenters. The Bertz CT molecular complexity index is 473. The molecule has 1 amide bonds. The first-order valence-corrected chi connectivity index (χ1v) is 5.97. The summed E-state index contributed by atoms with van der Waals surface area (Å²) in [4.78, 5) is 13.3. The fourth-order valence-electron chi connectivity index (χ4n) is 1.76. The molecule has 0 spiro atoms. The Morgan fingerprint density at radius 2 is 2.06 bits per heavy atom. The van der Waals surface area contributed by atoms with Crippen LogP contribution in [-0.4, -0.2) is 37.0 Å². The van der Waals surface area contributed by atoms with Gasteiger partial charge in [0, 0.05) is 31.6 Å². The normalized spacial score (nSPS) is 16.4. The zero-order valence-corrected chi connectivity index (χ0v) is 10.1. The number of benzene rings is 1. The van der Waals surface area contributed by atoms with Crippen molar-refractivity contribution in [3.63, 3.8) is 0 Å². The molecule has 3 nitrogen and oxygen atoms in total. The molecule has 1 aromatic rings. The first-order chi connectivity index (χ1) is 8.74. The average molecular weight is 246 g/mol. The van der Waals surface area contributed by atoms with Crippen molar-refractivity contribution >= 4 is 5.91 Å². The number of halogens is 1. The SMILES string of the molecule is O=C1CCN(CC#Cc2ccc(F)cc2)CCN1. The summed E-state index contributed by atoms with van der Waals surface area (Å²) in [5.74, 6) is 5.88. The number of hydrogen-bond acceptors (Lipinski definition) is 2. The third-order valence-electron chi connectivity index (χ3n) is 2.78. The van der Waals surface area contributed by atoms with Gasteiger partial charge in [0.2, 0.25) is 5.91 Å². The van der Waals surface area contributed by atoms with Gasteiger partial charge in [0.1, 0.15) is 5.82 Å². The van der Waals surface area contributed by atoms with Crippen LogP contribution in [-0.2, 0) is 4.79 Å². The number of nitrogens with one attached hydrogen (secondary N) is 1. The summed E-state index contributed by atoms with van der Waals surface area (Å²) >= 11 is 0. The Labute approximate surface area is 106 Å². The van der Waals surface area contributed by atoms with Crippen molar-refractivity contribution in [3.8, 4) is 11.8 Å². The summed E-state index contributed by atoms with van der Waals surface area (Å²) in [6, 6.07) is 6.13. The van der Waals surface area contributed by atoms with E-state index in [1.165, 1.54) is 12.1 Å². The largest absolute Gasteiger partial charge is 0.355 e. The molecular weight excluding hydrogens is 231 g/mol. The van der Waals surface area contributed by atoms with E-state index in [1.54, 1.807) is 12.1 Å². The van der Waals surface area contributed by atoms with E-state index in [0.717, 1.165) is 18.7 Å². The third kappa shape index (κ3) is 3.86. The lowest BCUT2D eigenvalue weighted by Crippen LogP contribution is -2.28. The maximum absolute atomic E-state index is 12.7. The average Bonchev–Trinajstić information content (AvgIpc) is 2.57. The van der Waals surface area contributed by atoms with E-state index in [-0.39, 0.29) is 11.7 Å². The molecule has 0 aliphatic carbocycles. The number of amides is 1. The minimum atomic E-state index is -0.252. The van der Waals surface area contributed by atoms with E-state index >= 15 is 0 Å². The molecule has 1 N–H and O–H groups in total. The van der Waals surface area contributed by atoms with E-state index < -0.39 is 0 Å². The van der Waals surface area contributed by atoms with Crippen LogP contribution in [0.1, 0.15) is 12.0 Å². The third-order valence-corrected chi connectivity index (χ3v) is 2.78. The zero-order chi connectivity index (χ0) is 12.8. The topological polar surface area (TPSA) is 32.3 Å². The Kier molecular flexibility index (Phi) is 4.32. The van der Waals surface area contributed by atoms with E-state index in [9.17, 15) is 9.18 Å². The summed E-state index contributed by atoms with van der Waals surface area (Å²) in [5.41, 5.74) is 0.806. The lowest BCUT2D eigenvalue weighted by molar-refractivity contribution is -0.120. The van der Waals surface area contributed by atoms with E-state index in [0.29, 0.717) is 19.5 Å². The molecule has 1 fully saturated rings. The van der Waals surface area contributed by atoms with Gasteiger partial charge in [-0.05, 0) is 24.3 Å². The van der Waals surface area contributed by atoms with Crippen LogP contribution in [0.2, 0.25) is 0 Å². The van der Waals surface area contributed by atoms with Gasteiger partial charge in [-0.3, -0.25) is 9.69 Å². The monoisotopic (exact) mass is 246 g/mol. The van der Waals surface area contributed by atoms with Crippen LogP contribution in [0, 0.1) is 17.7 Å². The maximum atomic E-state index is 12.7. The van der Waals surface area contributed by atoms with Gasteiger partial charge in [0.15, 0.2) is 0 Å². The maximum Gasteiger partial charge on any atom is 0.221 e. The minimum Gasteiger partial charge on any atom is -0.355 e. The highest BCUT2D eigenvalue weighted by molar-refractivity contribution is 5.76. The van der Waals surface area contributed by atoms with Gasteiger partial charge in [-0.15, -0.1) is 0 Å². The van der Waals surface area contributed by atoms with Crippen molar-refractivity contribution < 1.29 is 9.18 Å². The Balaban J connectivity index is 1.87. The molecule has 0 bridgehead atoms. The van der Waals surface area contributed by atoms with Crippen molar-refractivity contribution in [2.75, 3.05) is 26.2 Å². The fourth-order valence-corrected chi connectivity index (χ4v) is 1.76. The summed E-state index contributed by atoms with van der Waals surface area (Å²) < 4.78 is 12.7. The second-order valence-electron chi connectivity index (χ2n) is 4.18. The van der Waals surface area contributed by atoms with Crippen LogP contribution in [0.25, 0.3) is 0 Å². The van der Waals surface area contributed by atoms with Crippen molar-refractivity contribution in [2.24, 2.45) is 0 Å². The minimum absolute atomic E-state index is 0.101. The highest BCUT2D eigenvalue weighted by atomic mass is 19.1. The van der Waals surface area contributed by atoms with Gasteiger partial charge in [-0.1, -0.05) is 11.8 Å². The molecule has 1 aromatic carbocycles. The molecule has 0 radical (unpaired) electrons. The van der Waals surface area contributed by atoms with Crippen LogP contribution in [0.3, 0.4) is 0 Å². The summed E-state index contributed by atoms with van der Waals surface area (Å²) in [6.45, 7) is 2.87. The summed E-state index contributed by atoms with van der Waals surface area (Å²) in [7, 11) is 0. The van der Waals surface area contributed by atoms with Gasteiger partial charge in [0.05, 0.1) is 6.54 Å². The zero-order valence-electron chi connectivity index (χ0n) is 10.1. The molecule has 1 heterocycles. The van der Waals surface area contributed by atoms with E-state index in [4.69, 9.17) is 0 Å². The molecule has 1 saturated heterocycles. The van der Waals surface area contributed by atoms with Gasteiger partial charge in [-0.25, -0.2) is 4.39 Å². The molecule has 94 valence electrons. The van der Waals surface area contributed by atoms with Crippen LogP contribution < -0.4 is 5.32 Å². The molecule has 1 aliphatic rings. The molecular formula is C14H15FN2O. The molecule has 4 heteroatoms. The highest BCUT2D eigenvalue weighted by Gasteiger charge is 2.11. The number of hydrogen-bond donors (Lipinski definition) is 1. The van der Waals surface area contributed by atoms with Crippen LogP contribution in [0.5, 0.6) is 0 Å². The number of carbonyl (C=O) groups excluding carboxylic acids is 1. The Morgan fingerprint density at radius 3 is 2.83 bits per heavy atom. The highest BCUT2D eigenvalue weighted by Crippen LogP contribution is 2.01. The van der Waals surface area contributed by atoms with Crippen molar-refractivity contribution in [1.29, 1.82) is 0 Å². The molecule has 0 saturated carbocycles. The summed E-state index contributed by atoms with van der Waals surface area (Å²) in [6.07, 6.45) is 0.526. The van der Waals surface area contributed by atoms with Crippen LogP contribution >= 0.6 is 0 Å². The van der Waals surface area contributed by atoms with Crippen LogP contribution in [0.4, 0.5) is 4.39 Å². The van der Waals surface area contributed by atoms with Gasteiger partial charge in [0.25, 0.3) is 0 Å². The lowest BCUT2D eigenvalue weighted by atomic mass is 10.2. The number of rotatable bonds is 1. The van der Waals surface area contributed by atoms with Crippen molar-refractivity contribution in [3.05, 3.63) is 35.6 Å². The second-order valence-corrected chi connectivity index (χ2v) is 4.18. The first-order valence-electron chi connectivity index (χ1n) is 5.97. The Morgan fingerprint density at radius 1 is 1.28 bits per heavy atom. The molecule has 0 aromatic heterocycles. The first kappa shape index (κ1) is 12.6. The summed E-state index contributed by atoms with van der Waals surface area (Å²) in [5, 5.41) is 2.82. The predicted octanol–water partition coefficient (Wildman–Crippen LogP) is 0.999. The van der Waals surface area contributed by atoms with Gasteiger partial charge < -0.3 is 5.32 Å². The molecule has 2 rings (SSSR count). The van der Waals surface area contributed by atoms with Crippen molar-refractivity contribution in [1.82, 2.24) is 10.2 Å². The predicted molar refractivity (Wildman–Crippen MR) is 67.3 cm³/mol. The second kappa shape index (κ2) is 6.18. The van der Waals surface area contributed by atoms with Gasteiger partial charge in [-0.2, -0.15) is 0 Å². The molecule has 0 atom stereocenters. The number of carbonyl (C=O) groups is 1. The fraction of sp³-hybridized carbons (Fsp3) is 0.357. The Hall–Kier alpha value is -1.86. The van der Waals surface area contributed by atoms with Crippen LogP contribution in [0.15, 0.2) is 24.3 Å². The number of nitrogens with zero attached hydrogens (tertiary/aromatic N) is 1. The molecule has 18 heavy (non-hydrogen) atoms. The standard InChI is InChI=1S/C14H15FN2O/c15-13-5-3-12(4-6-13)2-1-9-17-10-7-14(18)16-8-11-17/h3-6H,7-11H2,(H,16,18). The lowest BCUT2D eigenvalue weighted by Gasteiger charge is -2.14. The quantitative estimate of drug-likeness (QED) is 0.750.